The first-order chi connectivity index (χ1) is 16.4. The summed E-state index contributed by atoms with van der Waals surface area (Å²) in [6.45, 7) is -1.58. The van der Waals surface area contributed by atoms with Gasteiger partial charge in [-0.3, -0.25) is 14.7 Å². The molecular weight excluding hydrogens is 497 g/mol. The highest BCUT2D eigenvalue weighted by molar-refractivity contribution is 7.21. The average Bonchev–Trinajstić information content (AvgIpc) is 3.39. The van der Waals surface area contributed by atoms with Gasteiger partial charge in [-0.1, -0.05) is 0 Å². The highest BCUT2D eigenvalue weighted by Crippen LogP contribution is 2.40. The third-order valence-corrected chi connectivity index (χ3v) is 5.91. The molecule has 0 radical (unpaired) electrons. The van der Waals surface area contributed by atoms with Gasteiger partial charge < -0.3 is 15.8 Å². The van der Waals surface area contributed by atoms with Crippen LogP contribution in [0.4, 0.5) is 27.6 Å². The Morgan fingerprint density at radius 3 is 2.46 bits per heavy atom. The molecule has 0 fully saturated rings. The van der Waals surface area contributed by atoms with Crippen molar-refractivity contribution in [2.24, 2.45) is 5.73 Å². The van der Waals surface area contributed by atoms with Gasteiger partial charge in [-0.2, -0.15) is 27.1 Å². The van der Waals surface area contributed by atoms with Gasteiger partial charge in [-0.05, 0) is 48.9 Å². The van der Waals surface area contributed by atoms with Gasteiger partial charge in [-0.25, -0.2) is 4.98 Å². The number of nitrogens with two attached hydrogens (primary N) is 1. The van der Waals surface area contributed by atoms with Crippen LogP contribution in [-0.2, 0) is 6.18 Å². The number of carbonyl (C=O) groups excluding carboxylic acids is 2. The van der Waals surface area contributed by atoms with Crippen LogP contribution in [0.1, 0.15) is 31.4 Å². The number of aromatic nitrogens is 3. The number of nitrogens with one attached hydrogen (secondary N) is 2. The molecule has 0 bridgehead atoms. The number of rotatable bonds is 6. The Morgan fingerprint density at radius 1 is 1.17 bits per heavy atom. The van der Waals surface area contributed by atoms with Crippen LogP contribution >= 0.6 is 11.3 Å². The van der Waals surface area contributed by atoms with Crippen molar-refractivity contribution in [1.82, 2.24) is 15.2 Å². The number of thiophene rings is 1. The van der Waals surface area contributed by atoms with E-state index in [1.54, 1.807) is 0 Å². The van der Waals surface area contributed by atoms with Crippen molar-refractivity contribution in [3.8, 4) is 17.0 Å². The molecule has 0 spiro atoms. The summed E-state index contributed by atoms with van der Waals surface area (Å²) in [4.78, 5) is 28.1. The number of hydrogen-bond donors (Lipinski definition) is 3. The number of amides is 2. The summed E-state index contributed by atoms with van der Waals surface area (Å²) in [5, 5.41) is 9.17. The van der Waals surface area contributed by atoms with Gasteiger partial charge in [-0.15, -0.1) is 11.3 Å². The molecule has 4 rings (SSSR count). The summed E-state index contributed by atoms with van der Waals surface area (Å²) in [5.41, 5.74) is 5.06. The van der Waals surface area contributed by atoms with Crippen molar-refractivity contribution < 1.29 is 36.3 Å². The molecule has 2 amide bonds. The van der Waals surface area contributed by atoms with Gasteiger partial charge in [0.15, 0.2) is 0 Å². The number of fused-ring (bicyclic) bond motifs is 1. The summed E-state index contributed by atoms with van der Waals surface area (Å²) >= 11 is 0.630. The molecule has 182 valence electrons. The minimum atomic E-state index is -4.70. The minimum Gasteiger partial charge on any atom is -0.435 e. The number of alkyl halides is 5. The van der Waals surface area contributed by atoms with Crippen molar-refractivity contribution in [3.63, 3.8) is 0 Å². The first kappa shape index (κ1) is 24.1. The number of pyridine rings is 1. The lowest BCUT2D eigenvalue weighted by Gasteiger charge is -2.09. The molecule has 4 N–H and O–H groups in total. The van der Waals surface area contributed by atoms with Crippen LogP contribution in [0.15, 0.2) is 36.4 Å². The molecule has 3 aromatic heterocycles. The number of primary amides is 1. The van der Waals surface area contributed by atoms with E-state index in [1.807, 2.05) is 0 Å². The monoisotopic (exact) mass is 511 g/mol. The summed E-state index contributed by atoms with van der Waals surface area (Å²) in [6.07, 6.45) is -4.70. The van der Waals surface area contributed by atoms with Crippen LogP contribution in [0.2, 0.25) is 0 Å². The normalized spacial score (nSPS) is 11.7. The van der Waals surface area contributed by atoms with E-state index in [4.69, 9.17) is 5.73 Å². The predicted octanol–water partition coefficient (Wildman–Crippen LogP) is 4.97. The van der Waals surface area contributed by atoms with E-state index in [0.717, 1.165) is 6.07 Å². The quantitative estimate of drug-likeness (QED) is 0.316. The molecular formula is C21H14F5N5O3S. The molecule has 4 aromatic rings. The molecule has 0 aliphatic rings. The maximum atomic E-state index is 13.1. The fourth-order valence-electron chi connectivity index (χ4n) is 3.29. The van der Waals surface area contributed by atoms with E-state index >= 15 is 0 Å². The Balaban J connectivity index is 1.64. The lowest BCUT2D eigenvalue weighted by molar-refractivity contribution is -0.141. The Bertz CT molecular complexity index is 1430. The van der Waals surface area contributed by atoms with Gasteiger partial charge in [0.1, 0.15) is 26.8 Å². The fraction of sp³-hybridized carbons (Fsp3) is 0.143. The zero-order chi connectivity index (χ0) is 25.5. The minimum absolute atomic E-state index is 0.0415. The third kappa shape index (κ3) is 4.91. The summed E-state index contributed by atoms with van der Waals surface area (Å²) in [5.74, 6) is -1.76. The number of ether oxygens (including phenoxy) is 1. The summed E-state index contributed by atoms with van der Waals surface area (Å²) in [7, 11) is 0. The van der Waals surface area contributed by atoms with Gasteiger partial charge in [0, 0.05) is 10.9 Å². The number of nitrogens with zero attached hydrogens (tertiary/aromatic N) is 2. The summed E-state index contributed by atoms with van der Waals surface area (Å²) < 4.78 is 68.3. The van der Waals surface area contributed by atoms with Crippen molar-refractivity contribution in [1.29, 1.82) is 0 Å². The van der Waals surface area contributed by atoms with Crippen LogP contribution in [0.25, 0.3) is 21.5 Å². The molecule has 0 aliphatic heterocycles. The Labute approximate surface area is 196 Å². The fourth-order valence-corrected chi connectivity index (χ4v) is 4.35. The Kier molecular flexibility index (Phi) is 6.15. The standard InChI is InChI=1S/C21H14F5N5O3S/c1-8-6-13(21(24,25)26)28-19-14(8)15(16(35-19)17(27)32)29-18(33)12-7-11(30-31-12)9-2-4-10(5-3-9)34-20(22)23/h2-7,20H,1H3,(H2,27,32)(H,29,33)(H,30,31). The topological polar surface area (TPSA) is 123 Å². The van der Waals surface area contributed by atoms with Gasteiger partial charge in [0.25, 0.3) is 11.8 Å². The molecule has 8 nitrogen and oxygen atoms in total. The second-order valence-electron chi connectivity index (χ2n) is 7.20. The van der Waals surface area contributed by atoms with Gasteiger partial charge in [0.2, 0.25) is 0 Å². The van der Waals surface area contributed by atoms with Crippen LogP contribution in [0.3, 0.4) is 0 Å². The number of hydrogen-bond acceptors (Lipinski definition) is 6. The highest BCUT2D eigenvalue weighted by atomic mass is 32.1. The van der Waals surface area contributed by atoms with Crippen molar-refractivity contribution in [3.05, 3.63) is 58.2 Å². The van der Waals surface area contributed by atoms with Crippen molar-refractivity contribution in [2.45, 2.75) is 19.7 Å². The van der Waals surface area contributed by atoms with Crippen LogP contribution < -0.4 is 15.8 Å². The largest absolute Gasteiger partial charge is 0.435 e. The van der Waals surface area contributed by atoms with Crippen molar-refractivity contribution >= 4 is 39.1 Å². The summed E-state index contributed by atoms with van der Waals surface area (Å²) in [6, 6.07) is 7.70. The number of anilines is 1. The molecule has 0 unspecified atom stereocenters. The first-order valence-electron chi connectivity index (χ1n) is 9.67. The molecule has 35 heavy (non-hydrogen) atoms. The lowest BCUT2D eigenvalue weighted by Crippen LogP contribution is -2.17. The molecule has 0 saturated heterocycles. The zero-order valence-electron chi connectivity index (χ0n) is 17.5. The van der Waals surface area contributed by atoms with Crippen molar-refractivity contribution in [2.75, 3.05) is 5.32 Å². The number of benzene rings is 1. The Morgan fingerprint density at radius 2 is 1.86 bits per heavy atom. The highest BCUT2D eigenvalue weighted by Gasteiger charge is 2.34. The molecule has 0 atom stereocenters. The number of aryl methyl sites for hydroxylation is 1. The molecule has 1 aromatic carbocycles. The van der Waals surface area contributed by atoms with E-state index in [1.165, 1.54) is 37.3 Å². The first-order valence-corrected chi connectivity index (χ1v) is 10.5. The molecule has 0 aliphatic carbocycles. The smallest absolute Gasteiger partial charge is 0.433 e. The van der Waals surface area contributed by atoms with Crippen LogP contribution in [0, 0.1) is 6.92 Å². The third-order valence-electron chi connectivity index (χ3n) is 4.81. The van der Waals surface area contributed by atoms with Gasteiger partial charge >= 0.3 is 12.8 Å². The molecule has 0 saturated carbocycles. The number of H-pyrrole nitrogens is 1. The van der Waals surface area contributed by atoms with E-state index in [9.17, 15) is 31.5 Å². The SMILES string of the molecule is Cc1cc(C(F)(F)F)nc2sc(C(N)=O)c(NC(=O)c3cc(-c4ccc(OC(F)F)cc4)n[nH]3)c12. The van der Waals surface area contributed by atoms with Crippen LogP contribution in [0.5, 0.6) is 5.75 Å². The van der Waals surface area contributed by atoms with Gasteiger partial charge in [0.05, 0.1) is 11.4 Å². The maximum absolute atomic E-state index is 13.1. The average molecular weight is 511 g/mol. The van der Waals surface area contributed by atoms with Crippen LogP contribution in [-0.4, -0.2) is 33.6 Å². The second-order valence-corrected chi connectivity index (χ2v) is 8.20. The lowest BCUT2D eigenvalue weighted by atomic mass is 10.1. The number of halogens is 5. The predicted molar refractivity (Wildman–Crippen MR) is 116 cm³/mol. The Hall–Kier alpha value is -4.07. The molecule has 3 heterocycles. The van der Waals surface area contributed by atoms with E-state index in [2.05, 4.69) is 25.2 Å². The number of aromatic amines is 1. The zero-order valence-corrected chi connectivity index (χ0v) is 18.4. The number of carbonyl (C=O) groups is 2. The van der Waals surface area contributed by atoms with E-state index in [0.29, 0.717) is 22.6 Å². The van der Waals surface area contributed by atoms with E-state index < -0.39 is 30.3 Å². The second kappa shape index (κ2) is 8.94. The van der Waals surface area contributed by atoms with E-state index in [-0.39, 0.29) is 37.8 Å². The maximum Gasteiger partial charge on any atom is 0.433 e. The molecule has 14 heteroatoms.